The van der Waals surface area contributed by atoms with E-state index in [9.17, 15) is 39.3 Å². The van der Waals surface area contributed by atoms with Crippen LogP contribution in [0.3, 0.4) is 0 Å². The molecule has 20 heteroatoms. The Kier molecular flexibility index (Phi) is 6.25. The normalized spacial score (nSPS) is 44.6. The molecule has 0 aromatic carbocycles. The Morgan fingerprint density at radius 1 is 0.829 bits per heavy atom. The molecule has 7 N–H and O–H groups in total. The molecular formula is C15H21N5O13P2. The van der Waals surface area contributed by atoms with Gasteiger partial charge in [0.15, 0.2) is 29.1 Å². The van der Waals surface area contributed by atoms with E-state index >= 15 is 0 Å². The Morgan fingerprint density at radius 3 is 1.86 bits per heavy atom. The Labute approximate surface area is 194 Å². The second-order valence-electron chi connectivity index (χ2n) is 8.03. The molecule has 0 radical (unpaired) electrons. The van der Waals surface area contributed by atoms with Gasteiger partial charge in [-0.3, -0.25) is 23.6 Å². The van der Waals surface area contributed by atoms with Gasteiger partial charge in [-0.05, 0) is 0 Å². The number of aromatic nitrogens is 4. The molecule has 2 aromatic heterocycles. The molecular weight excluding hydrogens is 520 g/mol. The Hall–Kier alpha value is -1.63. The van der Waals surface area contributed by atoms with Crippen molar-refractivity contribution in [1.29, 1.82) is 5.41 Å². The SMILES string of the molecule is N=c1c2ncn3c2ncn1[C@@H]1O[C@H](COP(=O)(O)OP(=O)(O)OC[C@H]2O[C@@H]3[C@@H](O)C2O)C(O)[C@@H]1O. The van der Waals surface area contributed by atoms with Gasteiger partial charge in [0.05, 0.1) is 19.5 Å². The zero-order valence-corrected chi connectivity index (χ0v) is 19.2. The topological polar surface area (TPSA) is 261 Å². The summed E-state index contributed by atoms with van der Waals surface area (Å²) in [7, 11) is -10.5. The summed E-state index contributed by atoms with van der Waals surface area (Å²) in [6.45, 7) is -1.70. The summed E-state index contributed by atoms with van der Waals surface area (Å²) in [5, 5.41) is 50.0. The molecule has 4 unspecified atom stereocenters. The minimum Gasteiger partial charge on any atom is -0.387 e. The molecule has 2 aromatic rings. The molecule has 0 spiro atoms. The number of rotatable bonds is 0. The minimum absolute atomic E-state index is 0.0169. The van der Waals surface area contributed by atoms with E-state index in [0.29, 0.717) is 0 Å². The largest absolute Gasteiger partial charge is 0.481 e. The van der Waals surface area contributed by atoms with Crippen molar-refractivity contribution in [3.63, 3.8) is 0 Å². The van der Waals surface area contributed by atoms with Crippen LogP contribution in [0.5, 0.6) is 0 Å². The van der Waals surface area contributed by atoms with Crippen LogP contribution < -0.4 is 5.49 Å². The standard InChI is InChI=1S/C15H21N5O13P2/c16-12-7-13-18-4-19(12)14-10(23)8(21)5(31-14)1-29-34(25,26)33-35(27,28)30-2-6-9(22)11(24)15(32-6)20(13)3-17-7/h3-6,8-11,14-16,21-24H,1-2H2,(H,25,26)(H,27,28)/t5-,6-,8?,9?,10+,11+,14-,15-/m1/s1. The maximum Gasteiger partial charge on any atom is 0.481 e. The van der Waals surface area contributed by atoms with E-state index < -0.39 is 77.9 Å². The number of phosphoric ester groups is 2. The second kappa shape index (κ2) is 8.74. The molecule has 2 saturated heterocycles. The fourth-order valence-corrected chi connectivity index (χ4v) is 6.12. The lowest BCUT2D eigenvalue weighted by Gasteiger charge is -2.21. The third kappa shape index (κ3) is 4.40. The van der Waals surface area contributed by atoms with Crippen LogP contribution in [0.25, 0.3) is 11.2 Å². The van der Waals surface area contributed by atoms with Gasteiger partial charge in [-0.15, -0.1) is 0 Å². The van der Waals surface area contributed by atoms with E-state index in [4.69, 9.17) is 14.9 Å². The van der Waals surface area contributed by atoms with Crippen LogP contribution in [0.2, 0.25) is 0 Å². The van der Waals surface area contributed by atoms with Crippen LogP contribution in [-0.2, 0) is 32.0 Å². The van der Waals surface area contributed by atoms with Gasteiger partial charge in [-0.1, -0.05) is 0 Å². The lowest BCUT2D eigenvalue weighted by Crippen LogP contribution is -2.36. The molecule has 8 bridgehead atoms. The van der Waals surface area contributed by atoms with Crippen LogP contribution in [0, 0.1) is 5.41 Å². The van der Waals surface area contributed by atoms with Crippen LogP contribution in [-0.4, -0.2) is 99.2 Å². The van der Waals surface area contributed by atoms with Gasteiger partial charge in [0.2, 0.25) is 0 Å². The highest BCUT2D eigenvalue weighted by molar-refractivity contribution is 7.61. The lowest BCUT2D eigenvalue weighted by molar-refractivity contribution is -0.0565. The third-order valence-electron chi connectivity index (χ3n) is 5.79. The molecule has 4 aliphatic rings. The van der Waals surface area contributed by atoms with Crippen molar-refractivity contribution in [3.8, 4) is 0 Å². The summed E-state index contributed by atoms with van der Waals surface area (Å²) in [4.78, 5) is 27.9. The van der Waals surface area contributed by atoms with E-state index in [-0.39, 0.29) is 16.7 Å². The van der Waals surface area contributed by atoms with Gasteiger partial charge in [0.1, 0.15) is 43.0 Å². The quantitative estimate of drug-likeness (QED) is 0.166. The number of aliphatic hydroxyl groups excluding tert-OH is 4. The van der Waals surface area contributed by atoms with Crippen molar-refractivity contribution in [2.24, 2.45) is 0 Å². The van der Waals surface area contributed by atoms with Crippen molar-refractivity contribution in [3.05, 3.63) is 18.1 Å². The summed E-state index contributed by atoms with van der Waals surface area (Å²) in [6.07, 6.45) is -9.71. The highest BCUT2D eigenvalue weighted by Crippen LogP contribution is 2.60. The van der Waals surface area contributed by atoms with E-state index in [0.717, 1.165) is 10.9 Å². The van der Waals surface area contributed by atoms with Crippen molar-refractivity contribution in [2.45, 2.75) is 49.1 Å². The van der Waals surface area contributed by atoms with Crippen LogP contribution in [0.15, 0.2) is 12.7 Å². The molecule has 0 saturated carbocycles. The highest BCUT2D eigenvalue weighted by Gasteiger charge is 2.48. The molecule has 2 fully saturated rings. The third-order valence-corrected chi connectivity index (χ3v) is 8.39. The molecule has 4 aliphatic heterocycles. The number of nitrogens with one attached hydrogen (secondary N) is 1. The fourth-order valence-electron chi connectivity index (χ4n) is 4.03. The predicted molar refractivity (Wildman–Crippen MR) is 106 cm³/mol. The maximum absolute atomic E-state index is 12.2. The van der Waals surface area contributed by atoms with Crippen molar-refractivity contribution in [2.75, 3.05) is 13.2 Å². The van der Waals surface area contributed by atoms with E-state index in [1.165, 1.54) is 10.9 Å². The Balaban J connectivity index is 1.58. The number of ether oxygens (including phenoxy) is 2. The number of aliphatic hydroxyl groups is 4. The van der Waals surface area contributed by atoms with Gasteiger partial charge < -0.3 is 39.7 Å². The molecule has 194 valence electrons. The summed E-state index contributed by atoms with van der Waals surface area (Å²) in [6, 6.07) is 0. The van der Waals surface area contributed by atoms with Crippen molar-refractivity contribution in [1.82, 2.24) is 19.1 Å². The maximum atomic E-state index is 12.2. The van der Waals surface area contributed by atoms with Gasteiger partial charge >= 0.3 is 15.6 Å². The molecule has 6 rings (SSSR count). The first-order valence-electron chi connectivity index (χ1n) is 10.1. The summed E-state index contributed by atoms with van der Waals surface area (Å²) < 4.78 is 51.1. The highest BCUT2D eigenvalue weighted by atomic mass is 31.3. The summed E-state index contributed by atoms with van der Waals surface area (Å²) >= 11 is 0. The van der Waals surface area contributed by atoms with Gasteiger partial charge in [0.25, 0.3) is 0 Å². The van der Waals surface area contributed by atoms with Gasteiger partial charge in [-0.2, -0.15) is 4.31 Å². The van der Waals surface area contributed by atoms with Crippen molar-refractivity contribution >= 4 is 26.8 Å². The first-order chi connectivity index (χ1) is 16.4. The monoisotopic (exact) mass is 541 g/mol. The summed E-state index contributed by atoms with van der Waals surface area (Å²) in [5.74, 6) is 0. The van der Waals surface area contributed by atoms with Crippen molar-refractivity contribution < 1.29 is 62.2 Å². The molecule has 0 aliphatic carbocycles. The summed E-state index contributed by atoms with van der Waals surface area (Å²) in [5.41, 5.74) is -0.273. The Morgan fingerprint density at radius 2 is 1.31 bits per heavy atom. The first kappa shape index (κ1) is 25.0. The van der Waals surface area contributed by atoms with E-state index in [1.54, 1.807) is 0 Å². The van der Waals surface area contributed by atoms with Gasteiger partial charge in [0, 0.05) is 0 Å². The number of imidazole rings is 1. The zero-order valence-electron chi connectivity index (χ0n) is 17.4. The fraction of sp³-hybridized carbons (Fsp3) is 0.667. The first-order valence-corrected chi connectivity index (χ1v) is 13.0. The molecule has 10 atom stereocenters. The predicted octanol–water partition coefficient (Wildman–Crippen LogP) is -2.79. The Bertz CT molecular complexity index is 1290. The van der Waals surface area contributed by atoms with E-state index in [2.05, 4.69) is 23.3 Å². The molecule has 35 heavy (non-hydrogen) atoms. The molecule has 6 heterocycles. The number of phosphoric acid groups is 2. The number of hydrogen-bond acceptors (Lipinski definition) is 14. The average molecular weight is 541 g/mol. The lowest BCUT2D eigenvalue weighted by atomic mass is 10.1. The average Bonchev–Trinajstić information content (AvgIpc) is 3.41. The zero-order chi connectivity index (χ0) is 25.3. The van der Waals surface area contributed by atoms with E-state index in [1.807, 2.05) is 0 Å². The second-order valence-corrected chi connectivity index (χ2v) is 11.1. The molecule has 0 amide bonds. The number of hydrogen-bond donors (Lipinski definition) is 7. The van der Waals surface area contributed by atoms with Crippen LogP contribution >= 0.6 is 15.6 Å². The number of fused-ring (bicyclic) bond motifs is 7. The minimum atomic E-state index is -5.26. The smallest absolute Gasteiger partial charge is 0.387 e. The van der Waals surface area contributed by atoms with Gasteiger partial charge in [-0.25, -0.2) is 19.1 Å². The van der Waals surface area contributed by atoms with Crippen LogP contribution in [0.4, 0.5) is 0 Å². The van der Waals surface area contributed by atoms with Crippen LogP contribution in [0.1, 0.15) is 12.5 Å². The molecule has 18 nitrogen and oxygen atoms in total. The number of nitrogens with zero attached hydrogens (tertiary/aromatic N) is 4.